The average Bonchev–Trinajstić information content (AvgIpc) is 3.24. The second-order valence-corrected chi connectivity index (χ2v) is 6.46. The molecule has 1 aliphatic carbocycles. The van der Waals surface area contributed by atoms with Crippen LogP contribution in [0.5, 0.6) is 0 Å². The van der Waals surface area contributed by atoms with Crippen molar-refractivity contribution in [2.24, 2.45) is 0 Å². The van der Waals surface area contributed by atoms with E-state index >= 15 is 0 Å². The van der Waals surface area contributed by atoms with E-state index < -0.39 is 0 Å². The highest BCUT2D eigenvalue weighted by Crippen LogP contribution is 2.30. The summed E-state index contributed by atoms with van der Waals surface area (Å²) in [7, 11) is 0. The molecular weight excluding hydrogens is 316 g/mol. The molecule has 1 aromatic carbocycles. The van der Waals surface area contributed by atoms with Crippen molar-refractivity contribution < 1.29 is 9.59 Å². The summed E-state index contributed by atoms with van der Waals surface area (Å²) in [6.07, 6.45) is 6.76. The van der Waals surface area contributed by atoms with Crippen molar-refractivity contribution >= 4 is 23.2 Å². The molecule has 0 spiro atoms. The van der Waals surface area contributed by atoms with Crippen molar-refractivity contribution in [3.63, 3.8) is 0 Å². The molecule has 0 aliphatic heterocycles. The summed E-state index contributed by atoms with van der Waals surface area (Å²) >= 11 is 0. The number of nitrogens with one attached hydrogen (secondary N) is 2. The number of benzene rings is 1. The highest BCUT2D eigenvalue weighted by molar-refractivity contribution is 6.05. The minimum atomic E-state index is -0.180. The van der Waals surface area contributed by atoms with Crippen LogP contribution in [0.25, 0.3) is 0 Å². The standard InChI is InChI=1S/C19H24N4O2/c1-3-18(24)21-14-7-6-8-15(11-14)22-19(25)17-12-20-23(13(17)2)16-9-4-5-10-16/h6-8,11-12,16H,3-5,9-10H2,1-2H3,(H,21,24)(H,22,25). The first-order valence-electron chi connectivity index (χ1n) is 8.84. The number of carbonyl (C=O) groups is 2. The molecule has 0 radical (unpaired) electrons. The molecule has 2 amide bonds. The van der Waals surface area contributed by atoms with E-state index in [1.807, 2.05) is 11.6 Å². The van der Waals surface area contributed by atoms with E-state index in [1.54, 1.807) is 37.4 Å². The maximum Gasteiger partial charge on any atom is 0.259 e. The highest BCUT2D eigenvalue weighted by atomic mass is 16.2. The molecule has 25 heavy (non-hydrogen) atoms. The van der Waals surface area contributed by atoms with Crippen LogP contribution >= 0.6 is 0 Å². The van der Waals surface area contributed by atoms with Crippen LogP contribution in [0.1, 0.15) is 61.1 Å². The summed E-state index contributed by atoms with van der Waals surface area (Å²) in [5.41, 5.74) is 2.81. The Morgan fingerprint density at radius 3 is 2.56 bits per heavy atom. The van der Waals surface area contributed by atoms with E-state index in [-0.39, 0.29) is 11.8 Å². The summed E-state index contributed by atoms with van der Waals surface area (Å²) in [4.78, 5) is 24.1. The van der Waals surface area contributed by atoms with Crippen LogP contribution in [0, 0.1) is 6.92 Å². The van der Waals surface area contributed by atoms with Crippen LogP contribution in [-0.2, 0) is 4.79 Å². The molecule has 6 heteroatoms. The number of nitrogens with zero attached hydrogens (tertiary/aromatic N) is 2. The van der Waals surface area contributed by atoms with Crippen molar-refractivity contribution in [1.82, 2.24) is 9.78 Å². The Morgan fingerprint density at radius 1 is 1.20 bits per heavy atom. The smallest absolute Gasteiger partial charge is 0.259 e. The number of aromatic nitrogens is 2. The first-order chi connectivity index (χ1) is 12.1. The van der Waals surface area contributed by atoms with Gasteiger partial charge in [0.2, 0.25) is 5.91 Å². The molecule has 6 nitrogen and oxygen atoms in total. The van der Waals surface area contributed by atoms with Crippen molar-refractivity contribution in [2.75, 3.05) is 10.6 Å². The van der Waals surface area contributed by atoms with Gasteiger partial charge in [0, 0.05) is 23.5 Å². The molecule has 2 N–H and O–H groups in total. The van der Waals surface area contributed by atoms with E-state index in [0.717, 1.165) is 18.5 Å². The molecule has 1 aromatic heterocycles. The van der Waals surface area contributed by atoms with Crippen molar-refractivity contribution in [3.05, 3.63) is 41.7 Å². The van der Waals surface area contributed by atoms with Crippen LogP contribution in [0.4, 0.5) is 11.4 Å². The largest absolute Gasteiger partial charge is 0.326 e. The zero-order valence-electron chi connectivity index (χ0n) is 14.7. The lowest BCUT2D eigenvalue weighted by Gasteiger charge is -2.12. The third kappa shape index (κ3) is 3.90. The third-order valence-electron chi connectivity index (χ3n) is 4.69. The van der Waals surface area contributed by atoms with Gasteiger partial charge < -0.3 is 10.6 Å². The summed E-state index contributed by atoms with van der Waals surface area (Å²) in [5, 5.41) is 10.1. The number of amides is 2. The molecule has 132 valence electrons. The molecule has 0 atom stereocenters. The monoisotopic (exact) mass is 340 g/mol. The van der Waals surface area contributed by atoms with Crippen LogP contribution in [0.3, 0.4) is 0 Å². The maximum atomic E-state index is 12.6. The fraction of sp³-hybridized carbons (Fsp3) is 0.421. The summed E-state index contributed by atoms with van der Waals surface area (Å²) in [6, 6.07) is 7.56. The Morgan fingerprint density at radius 2 is 1.88 bits per heavy atom. The third-order valence-corrected chi connectivity index (χ3v) is 4.69. The number of hydrogen-bond acceptors (Lipinski definition) is 3. The predicted octanol–water partition coefficient (Wildman–Crippen LogP) is 3.91. The fourth-order valence-electron chi connectivity index (χ4n) is 3.29. The van der Waals surface area contributed by atoms with Gasteiger partial charge in [0.25, 0.3) is 5.91 Å². The molecule has 3 rings (SSSR count). The Hall–Kier alpha value is -2.63. The Kier molecular flexibility index (Phi) is 5.16. The van der Waals surface area contributed by atoms with E-state index in [2.05, 4.69) is 15.7 Å². The Labute approximate surface area is 147 Å². The van der Waals surface area contributed by atoms with Crippen LogP contribution in [0.15, 0.2) is 30.5 Å². The molecule has 0 saturated heterocycles. The zero-order valence-corrected chi connectivity index (χ0v) is 14.7. The second-order valence-electron chi connectivity index (χ2n) is 6.46. The van der Waals surface area contributed by atoms with E-state index in [9.17, 15) is 9.59 Å². The lowest BCUT2D eigenvalue weighted by Crippen LogP contribution is -2.15. The number of hydrogen-bond donors (Lipinski definition) is 2. The van der Waals surface area contributed by atoms with Crippen molar-refractivity contribution in [1.29, 1.82) is 0 Å². The molecule has 1 aliphatic rings. The highest BCUT2D eigenvalue weighted by Gasteiger charge is 2.22. The van der Waals surface area contributed by atoms with Crippen molar-refractivity contribution in [2.45, 2.75) is 52.0 Å². The molecule has 1 heterocycles. The first-order valence-corrected chi connectivity index (χ1v) is 8.84. The van der Waals surface area contributed by atoms with E-state index in [4.69, 9.17) is 0 Å². The molecule has 0 unspecified atom stereocenters. The van der Waals surface area contributed by atoms with Gasteiger partial charge in [-0.15, -0.1) is 0 Å². The van der Waals surface area contributed by atoms with E-state index in [1.165, 1.54) is 12.8 Å². The van der Waals surface area contributed by atoms with Gasteiger partial charge in [-0.05, 0) is 38.0 Å². The number of carbonyl (C=O) groups excluding carboxylic acids is 2. The SMILES string of the molecule is CCC(=O)Nc1cccc(NC(=O)c2cnn(C3CCCC3)c2C)c1. The van der Waals surface area contributed by atoms with Gasteiger partial charge in [0.15, 0.2) is 0 Å². The Bertz CT molecular complexity index is 775. The zero-order chi connectivity index (χ0) is 17.8. The van der Waals surface area contributed by atoms with Crippen molar-refractivity contribution in [3.8, 4) is 0 Å². The van der Waals surface area contributed by atoms with Gasteiger partial charge in [-0.2, -0.15) is 5.10 Å². The average molecular weight is 340 g/mol. The molecule has 1 saturated carbocycles. The molecule has 0 bridgehead atoms. The second kappa shape index (κ2) is 7.51. The minimum absolute atomic E-state index is 0.0582. The lowest BCUT2D eigenvalue weighted by molar-refractivity contribution is -0.115. The van der Waals surface area contributed by atoms with Crippen LogP contribution in [0.2, 0.25) is 0 Å². The number of anilines is 2. The van der Waals surface area contributed by atoms with Gasteiger partial charge >= 0.3 is 0 Å². The van der Waals surface area contributed by atoms with Gasteiger partial charge in [0.1, 0.15) is 0 Å². The summed E-state index contributed by atoms with van der Waals surface area (Å²) in [5.74, 6) is -0.238. The first kappa shape index (κ1) is 17.2. The summed E-state index contributed by atoms with van der Waals surface area (Å²) in [6.45, 7) is 3.74. The molecular formula is C19H24N4O2. The van der Waals surface area contributed by atoms with Crippen LogP contribution < -0.4 is 10.6 Å². The molecule has 2 aromatic rings. The predicted molar refractivity (Wildman–Crippen MR) is 97.8 cm³/mol. The fourth-order valence-corrected chi connectivity index (χ4v) is 3.29. The number of rotatable bonds is 5. The lowest BCUT2D eigenvalue weighted by atomic mass is 10.2. The molecule has 1 fully saturated rings. The quantitative estimate of drug-likeness (QED) is 0.866. The van der Waals surface area contributed by atoms with Gasteiger partial charge in [-0.3, -0.25) is 14.3 Å². The summed E-state index contributed by atoms with van der Waals surface area (Å²) < 4.78 is 1.99. The van der Waals surface area contributed by atoms with Gasteiger partial charge in [-0.1, -0.05) is 25.8 Å². The normalized spacial score (nSPS) is 14.5. The van der Waals surface area contributed by atoms with E-state index in [0.29, 0.717) is 29.4 Å². The topological polar surface area (TPSA) is 76.0 Å². The van der Waals surface area contributed by atoms with Gasteiger partial charge in [0.05, 0.1) is 17.8 Å². The minimum Gasteiger partial charge on any atom is -0.326 e. The maximum absolute atomic E-state index is 12.6. The Balaban J connectivity index is 1.72. The van der Waals surface area contributed by atoms with Gasteiger partial charge in [-0.25, -0.2) is 0 Å². The van der Waals surface area contributed by atoms with Crippen LogP contribution in [-0.4, -0.2) is 21.6 Å².